The third-order valence-electron chi connectivity index (χ3n) is 5.17. The number of benzene rings is 4. The molecule has 5 aromatic rings. The van der Waals surface area contributed by atoms with Crippen LogP contribution in [0.25, 0.3) is 17.1 Å². The van der Waals surface area contributed by atoms with E-state index in [1.165, 1.54) is 11.8 Å². The van der Waals surface area contributed by atoms with Gasteiger partial charge in [-0.25, -0.2) is 0 Å². The first-order valence-electron chi connectivity index (χ1n) is 10.8. The Kier molecular flexibility index (Phi) is 6.49. The number of aromatic nitrogens is 3. The zero-order chi connectivity index (χ0) is 23.2. The molecule has 0 atom stereocenters. The molecule has 5 nitrogen and oxygen atoms in total. The maximum absolute atomic E-state index is 12.9. The van der Waals surface area contributed by atoms with Crippen molar-refractivity contribution in [3.63, 3.8) is 0 Å². The van der Waals surface area contributed by atoms with Gasteiger partial charge in [-0.2, -0.15) is 0 Å². The van der Waals surface area contributed by atoms with Gasteiger partial charge in [-0.15, -0.1) is 10.2 Å². The predicted molar refractivity (Wildman–Crippen MR) is 135 cm³/mol. The SMILES string of the molecule is O=C(CSc1nnc(-c2ccccc2)n1-c1ccccc1)c1ccc(Oc2ccccc2)cc1. The van der Waals surface area contributed by atoms with Crippen molar-refractivity contribution in [1.29, 1.82) is 0 Å². The summed E-state index contributed by atoms with van der Waals surface area (Å²) in [5.74, 6) is 2.45. The maximum atomic E-state index is 12.9. The molecule has 0 spiro atoms. The molecule has 0 saturated carbocycles. The van der Waals surface area contributed by atoms with Crippen molar-refractivity contribution < 1.29 is 9.53 Å². The van der Waals surface area contributed by atoms with E-state index in [4.69, 9.17) is 4.74 Å². The highest BCUT2D eigenvalue weighted by Gasteiger charge is 2.17. The molecular formula is C28H21N3O2S. The second-order valence-electron chi connectivity index (χ2n) is 7.49. The van der Waals surface area contributed by atoms with Crippen molar-refractivity contribution in [3.05, 3.63) is 121 Å². The number of rotatable bonds is 8. The smallest absolute Gasteiger partial charge is 0.196 e. The van der Waals surface area contributed by atoms with Crippen LogP contribution in [0.15, 0.2) is 120 Å². The number of nitrogens with zero attached hydrogens (tertiary/aromatic N) is 3. The van der Waals surface area contributed by atoms with Gasteiger partial charge < -0.3 is 4.74 Å². The molecule has 34 heavy (non-hydrogen) atoms. The van der Waals surface area contributed by atoms with Crippen LogP contribution in [-0.4, -0.2) is 26.3 Å². The van der Waals surface area contributed by atoms with Crippen molar-refractivity contribution in [2.75, 3.05) is 5.75 Å². The quantitative estimate of drug-likeness (QED) is 0.189. The molecule has 4 aromatic carbocycles. The fourth-order valence-electron chi connectivity index (χ4n) is 3.49. The number of carbonyl (C=O) groups is 1. The van der Waals surface area contributed by atoms with E-state index in [1.807, 2.05) is 108 Å². The summed E-state index contributed by atoms with van der Waals surface area (Å²) in [5.41, 5.74) is 2.54. The second kappa shape index (κ2) is 10.2. The zero-order valence-electron chi connectivity index (χ0n) is 18.2. The Morgan fingerprint density at radius 3 is 1.97 bits per heavy atom. The standard InChI is InChI=1S/C28H21N3O2S/c32-26(21-16-18-25(19-17-21)33-24-14-8-3-9-15-24)20-34-28-30-29-27(22-10-4-1-5-11-22)31(28)23-12-6-2-7-13-23/h1-19H,20H2. The average molecular weight is 464 g/mol. The maximum Gasteiger partial charge on any atom is 0.196 e. The number of ether oxygens (including phenoxy) is 1. The van der Waals surface area contributed by atoms with E-state index in [-0.39, 0.29) is 11.5 Å². The number of Topliss-reactive ketones (excluding diaryl/α,β-unsaturated/α-hetero) is 1. The molecule has 5 rings (SSSR count). The van der Waals surface area contributed by atoms with Crippen LogP contribution in [0.2, 0.25) is 0 Å². The molecule has 0 radical (unpaired) electrons. The Morgan fingerprint density at radius 2 is 1.29 bits per heavy atom. The van der Waals surface area contributed by atoms with E-state index in [2.05, 4.69) is 10.2 Å². The molecule has 1 heterocycles. The summed E-state index contributed by atoms with van der Waals surface area (Å²) in [7, 11) is 0. The third-order valence-corrected chi connectivity index (χ3v) is 6.10. The predicted octanol–water partition coefficient (Wildman–Crippen LogP) is 6.70. The van der Waals surface area contributed by atoms with Crippen LogP contribution in [0, 0.1) is 0 Å². The van der Waals surface area contributed by atoms with Crippen LogP contribution < -0.4 is 4.74 Å². The summed E-state index contributed by atoms with van der Waals surface area (Å²) in [6.07, 6.45) is 0. The largest absolute Gasteiger partial charge is 0.457 e. The first-order chi connectivity index (χ1) is 16.8. The molecular weight excluding hydrogens is 442 g/mol. The van der Waals surface area contributed by atoms with Gasteiger partial charge in [-0.1, -0.05) is 78.5 Å². The van der Waals surface area contributed by atoms with Crippen LogP contribution in [0.4, 0.5) is 0 Å². The van der Waals surface area contributed by atoms with Crippen LogP contribution in [0.1, 0.15) is 10.4 Å². The lowest BCUT2D eigenvalue weighted by Crippen LogP contribution is -2.05. The fourth-order valence-corrected chi connectivity index (χ4v) is 4.34. The molecule has 0 amide bonds. The Balaban J connectivity index is 1.33. The van der Waals surface area contributed by atoms with Gasteiger partial charge in [0.2, 0.25) is 0 Å². The summed E-state index contributed by atoms with van der Waals surface area (Å²) >= 11 is 1.38. The number of ketones is 1. The lowest BCUT2D eigenvalue weighted by atomic mass is 10.1. The van der Waals surface area contributed by atoms with E-state index < -0.39 is 0 Å². The van der Waals surface area contributed by atoms with Gasteiger partial charge in [0.25, 0.3) is 0 Å². The Bertz CT molecular complexity index is 1370. The minimum absolute atomic E-state index is 0.0140. The molecule has 0 aliphatic carbocycles. The highest BCUT2D eigenvalue weighted by molar-refractivity contribution is 7.99. The van der Waals surface area contributed by atoms with Crippen molar-refractivity contribution in [2.24, 2.45) is 0 Å². The lowest BCUT2D eigenvalue weighted by Gasteiger charge is -2.10. The molecule has 0 bridgehead atoms. The summed E-state index contributed by atoms with van der Waals surface area (Å²) in [6.45, 7) is 0. The Labute approximate surface area is 202 Å². The Morgan fingerprint density at radius 1 is 0.706 bits per heavy atom. The molecule has 166 valence electrons. The van der Waals surface area contributed by atoms with E-state index in [1.54, 1.807) is 12.1 Å². The van der Waals surface area contributed by atoms with E-state index >= 15 is 0 Å². The first kappa shape index (κ1) is 21.7. The molecule has 0 aliphatic rings. The van der Waals surface area contributed by atoms with Crippen molar-refractivity contribution >= 4 is 17.5 Å². The van der Waals surface area contributed by atoms with Crippen LogP contribution >= 0.6 is 11.8 Å². The van der Waals surface area contributed by atoms with Gasteiger partial charge in [0.05, 0.1) is 5.75 Å². The number of hydrogen-bond donors (Lipinski definition) is 0. The summed E-state index contributed by atoms with van der Waals surface area (Å²) < 4.78 is 7.80. The molecule has 0 fully saturated rings. The van der Waals surface area contributed by atoms with Gasteiger partial charge in [0.1, 0.15) is 11.5 Å². The normalized spacial score (nSPS) is 10.7. The van der Waals surface area contributed by atoms with E-state index in [9.17, 15) is 4.79 Å². The average Bonchev–Trinajstić information content (AvgIpc) is 3.33. The highest BCUT2D eigenvalue weighted by atomic mass is 32.2. The number of thioether (sulfide) groups is 1. The molecule has 0 aliphatic heterocycles. The van der Waals surface area contributed by atoms with Crippen molar-refractivity contribution in [2.45, 2.75) is 5.16 Å². The van der Waals surface area contributed by atoms with Crippen LogP contribution in [-0.2, 0) is 0 Å². The van der Waals surface area contributed by atoms with Gasteiger partial charge in [0.15, 0.2) is 16.8 Å². The van der Waals surface area contributed by atoms with Gasteiger partial charge >= 0.3 is 0 Å². The van der Waals surface area contributed by atoms with E-state index in [0.29, 0.717) is 16.5 Å². The second-order valence-corrected chi connectivity index (χ2v) is 8.44. The molecule has 0 N–H and O–H groups in total. The first-order valence-corrected chi connectivity index (χ1v) is 11.8. The number of hydrogen-bond acceptors (Lipinski definition) is 5. The topological polar surface area (TPSA) is 57.0 Å². The van der Waals surface area contributed by atoms with Gasteiger partial charge in [-0.05, 0) is 48.5 Å². The van der Waals surface area contributed by atoms with Gasteiger partial charge in [0, 0.05) is 16.8 Å². The van der Waals surface area contributed by atoms with Crippen molar-refractivity contribution in [3.8, 4) is 28.6 Å². The Hall–Kier alpha value is -4.16. The number of para-hydroxylation sites is 2. The summed E-state index contributed by atoms with van der Waals surface area (Å²) in [5, 5.41) is 9.50. The number of carbonyl (C=O) groups excluding carboxylic acids is 1. The highest BCUT2D eigenvalue weighted by Crippen LogP contribution is 2.28. The monoisotopic (exact) mass is 463 g/mol. The minimum atomic E-state index is 0.0140. The van der Waals surface area contributed by atoms with Crippen LogP contribution in [0.3, 0.4) is 0 Å². The molecule has 0 unspecified atom stereocenters. The third kappa shape index (κ3) is 4.92. The lowest BCUT2D eigenvalue weighted by molar-refractivity contribution is 0.102. The van der Waals surface area contributed by atoms with Crippen molar-refractivity contribution in [1.82, 2.24) is 14.8 Å². The minimum Gasteiger partial charge on any atom is -0.457 e. The fraction of sp³-hybridized carbons (Fsp3) is 0.0357. The van der Waals surface area contributed by atoms with E-state index in [0.717, 1.165) is 22.8 Å². The molecule has 1 aromatic heterocycles. The van der Waals surface area contributed by atoms with Crippen LogP contribution in [0.5, 0.6) is 11.5 Å². The summed E-state index contributed by atoms with van der Waals surface area (Å²) in [4.78, 5) is 12.9. The summed E-state index contributed by atoms with van der Waals surface area (Å²) in [6, 6.07) is 36.6. The zero-order valence-corrected chi connectivity index (χ0v) is 19.1. The van der Waals surface area contributed by atoms with Gasteiger partial charge in [-0.3, -0.25) is 9.36 Å². The molecule has 6 heteroatoms. The molecule has 0 saturated heterocycles.